The van der Waals surface area contributed by atoms with Crippen LogP contribution < -0.4 is 11.1 Å². The smallest absolute Gasteiger partial charge is 0.145 e. The van der Waals surface area contributed by atoms with Gasteiger partial charge in [-0.3, -0.25) is 4.98 Å². The van der Waals surface area contributed by atoms with Gasteiger partial charge in [0.05, 0.1) is 5.69 Å². The van der Waals surface area contributed by atoms with E-state index in [0.717, 1.165) is 18.7 Å². The molecule has 1 fully saturated rings. The minimum atomic E-state index is 0.434. The van der Waals surface area contributed by atoms with Gasteiger partial charge in [0.2, 0.25) is 0 Å². The van der Waals surface area contributed by atoms with Gasteiger partial charge in [-0.05, 0) is 13.3 Å². The molecule has 1 saturated heterocycles. The fourth-order valence-electron chi connectivity index (χ4n) is 1.82. The standard InChI is InChI=1S/C9H14N4/c1-6-4-7(5-13-6)8-9(10)12-3-2-11-8/h2-3,6-7,13H,4-5H2,1H3,(H2,10,12)/t6-,7-/m1/s1. The van der Waals surface area contributed by atoms with Crippen LogP contribution in [-0.2, 0) is 0 Å². The van der Waals surface area contributed by atoms with Gasteiger partial charge in [0.1, 0.15) is 5.82 Å². The third-order valence-electron chi connectivity index (χ3n) is 2.49. The molecular weight excluding hydrogens is 164 g/mol. The highest BCUT2D eigenvalue weighted by Crippen LogP contribution is 2.26. The summed E-state index contributed by atoms with van der Waals surface area (Å²) in [6, 6.07) is 0.561. The molecule has 2 heterocycles. The molecule has 0 bridgehead atoms. The lowest BCUT2D eigenvalue weighted by Crippen LogP contribution is -2.16. The zero-order valence-electron chi connectivity index (χ0n) is 7.70. The highest BCUT2D eigenvalue weighted by atomic mass is 15.0. The molecule has 1 aliphatic heterocycles. The number of hydrogen-bond donors (Lipinski definition) is 2. The van der Waals surface area contributed by atoms with Gasteiger partial charge in [0, 0.05) is 30.9 Å². The largest absolute Gasteiger partial charge is 0.382 e. The Labute approximate surface area is 77.6 Å². The van der Waals surface area contributed by atoms with E-state index in [2.05, 4.69) is 22.2 Å². The number of nitrogens with two attached hydrogens (primary N) is 1. The van der Waals surface area contributed by atoms with Crippen LogP contribution in [0.2, 0.25) is 0 Å². The molecule has 3 N–H and O–H groups in total. The summed E-state index contributed by atoms with van der Waals surface area (Å²) in [6.07, 6.45) is 4.43. The number of nitrogen functional groups attached to an aromatic ring is 1. The van der Waals surface area contributed by atoms with E-state index >= 15 is 0 Å². The molecule has 0 radical (unpaired) electrons. The van der Waals surface area contributed by atoms with E-state index in [-0.39, 0.29) is 0 Å². The molecule has 0 aliphatic carbocycles. The highest BCUT2D eigenvalue weighted by molar-refractivity contribution is 5.36. The first kappa shape index (κ1) is 8.44. The summed E-state index contributed by atoms with van der Waals surface area (Å²) in [6.45, 7) is 3.14. The highest BCUT2D eigenvalue weighted by Gasteiger charge is 2.24. The van der Waals surface area contributed by atoms with Gasteiger partial charge in [-0.25, -0.2) is 4.98 Å². The lowest BCUT2D eigenvalue weighted by Gasteiger charge is -2.08. The maximum absolute atomic E-state index is 5.74. The second-order valence-electron chi connectivity index (χ2n) is 3.57. The minimum absolute atomic E-state index is 0.434. The molecule has 4 nitrogen and oxygen atoms in total. The van der Waals surface area contributed by atoms with Crippen molar-refractivity contribution in [1.82, 2.24) is 15.3 Å². The molecule has 0 amide bonds. The van der Waals surface area contributed by atoms with E-state index in [1.165, 1.54) is 0 Å². The topological polar surface area (TPSA) is 63.8 Å². The molecule has 0 spiro atoms. The van der Waals surface area contributed by atoms with Crippen molar-refractivity contribution in [2.24, 2.45) is 0 Å². The summed E-state index contributed by atoms with van der Waals surface area (Å²) >= 11 is 0. The van der Waals surface area contributed by atoms with E-state index in [4.69, 9.17) is 5.73 Å². The van der Waals surface area contributed by atoms with Crippen molar-refractivity contribution in [2.75, 3.05) is 12.3 Å². The van der Waals surface area contributed by atoms with Crippen LogP contribution in [-0.4, -0.2) is 22.6 Å². The van der Waals surface area contributed by atoms with Crippen molar-refractivity contribution in [1.29, 1.82) is 0 Å². The molecule has 1 aromatic rings. The maximum Gasteiger partial charge on any atom is 0.145 e. The Morgan fingerprint density at radius 2 is 2.23 bits per heavy atom. The first-order valence-corrected chi connectivity index (χ1v) is 4.57. The van der Waals surface area contributed by atoms with E-state index in [9.17, 15) is 0 Å². The first-order valence-electron chi connectivity index (χ1n) is 4.57. The Bertz CT molecular complexity index is 299. The second kappa shape index (κ2) is 3.30. The molecule has 13 heavy (non-hydrogen) atoms. The SMILES string of the molecule is C[C@@H]1C[C@@H](c2nccnc2N)CN1. The van der Waals surface area contributed by atoms with Crippen molar-refractivity contribution in [3.05, 3.63) is 18.1 Å². The van der Waals surface area contributed by atoms with Gasteiger partial charge in [0.25, 0.3) is 0 Å². The van der Waals surface area contributed by atoms with Gasteiger partial charge in [-0.2, -0.15) is 0 Å². The van der Waals surface area contributed by atoms with Crippen LogP contribution in [0.5, 0.6) is 0 Å². The Morgan fingerprint density at radius 1 is 1.46 bits per heavy atom. The average Bonchev–Trinajstić information content (AvgIpc) is 2.53. The van der Waals surface area contributed by atoms with Crippen LogP contribution in [0.25, 0.3) is 0 Å². The monoisotopic (exact) mass is 178 g/mol. The summed E-state index contributed by atoms with van der Waals surface area (Å²) in [5.74, 6) is 1.01. The van der Waals surface area contributed by atoms with Crippen LogP contribution in [0.1, 0.15) is 25.0 Å². The van der Waals surface area contributed by atoms with Gasteiger partial charge in [0.15, 0.2) is 0 Å². The normalized spacial score (nSPS) is 27.8. The van der Waals surface area contributed by atoms with Crippen LogP contribution in [0.4, 0.5) is 5.82 Å². The number of hydrogen-bond acceptors (Lipinski definition) is 4. The number of anilines is 1. The number of nitrogens with zero attached hydrogens (tertiary/aromatic N) is 2. The maximum atomic E-state index is 5.74. The van der Waals surface area contributed by atoms with Crippen LogP contribution in [0.15, 0.2) is 12.4 Å². The lowest BCUT2D eigenvalue weighted by atomic mass is 10.0. The van der Waals surface area contributed by atoms with Gasteiger partial charge < -0.3 is 11.1 Å². The van der Waals surface area contributed by atoms with Gasteiger partial charge >= 0.3 is 0 Å². The third-order valence-corrected chi connectivity index (χ3v) is 2.49. The summed E-state index contributed by atoms with van der Waals surface area (Å²) in [7, 11) is 0. The van der Waals surface area contributed by atoms with Crippen LogP contribution >= 0.6 is 0 Å². The number of rotatable bonds is 1. The number of nitrogens with one attached hydrogen (secondary N) is 1. The Kier molecular flexibility index (Phi) is 2.14. The van der Waals surface area contributed by atoms with Crippen molar-refractivity contribution >= 4 is 5.82 Å². The third kappa shape index (κ3) is 1.62. The van der Waals surface area contributed by atoms with E-state index < -0.39 is 0 Å². The van der Waals surface area contributed by atoms with Crippen LogP contribution in [0, 0.1) is 0 Å². The first-order chi connectivity index (χ1) is 6.27. The molecular formula is C9H14N4. The Morgan fingerprint density at radius 3 is 2.85 bits per heavy atom. The molecule has 4 heteroatoms. The zero-order chi connectivity index (χ0) is 9.26. The van der Waals surface area contributed by atoms with Gasteiger partial charge in [-0.1, -0.05) is 0 Å². The van der Waals surface area contributed by atoms with E-state index in [1.54, 1.807) is 12.4 Å². The fraction of sp³-hybridized carbons (Fsp3) is 0.556. The van der Waals surface area contributed by atoms with E-state index in [1.807, 2.05) is 0 Å². The molecule has 1 aliphatic rings. The predicted molar refractivity (Wildman–Crippen MR) is 51.3 cm³/mol. The molecule has 2 atom stereocenters. The average molecular weight is 178 g/mol. The van der Waals surface area contributed by atoms with Crippen molar-refractivity contribution < 1.29 is 0 Å². The molecule has 0 unspecified atom stereocenters. The molecule has 0 saturated carbocycles. The molecule has 2 rings (SSSR count). The Hall–Kier alpha value is -1.16. The molecule has 0 aromatic carbocycles. The zero-order valence-corrected chi connectivity index (χ0v) is 7.70. The minimum Gasteiger partial charge on any atom is -0.382 e. The van der Waals surface area contributed by atoms with Crippen LogP contribution in [0.3, 0.4) is 0 Å². The Balaban J connectivity index is 2.21. The van der Waals surface area contributed by atoms with Crippen molar-refractivity contribution in [3.8, 4) is 0 Å². The van der Waals surface area contributed by atoms with E-state index in [0.29, 0.717) is 17.8 Å². The quantitative estimate of drug-likeness (QED) is 0.658. The van der Waals surface area contributed by atoms with Crippen molar-refractivity contribution in [2.45, 2.75) is 25.3 Å². The molecule has 70 valence electrons. The fourth-order valence-corrected chi connectivity index (χ4v) is 1.82. The summed E-state index contributed by atoms with van der Waals surface area (Å²) < 4.78 is 0. The summed E-state index contributed by atoms with van der Waals surface area (Å²) in [5, 5.41) is 3.37. The summed E-state index contributed by atoms with van der Waals surface area (Å²) in [4.78, 5) is 8.30. The summed E-state index contributed by atoms with van der Waals surface area (Å²) in [5.41, 5.74) is 6.69. The van der Waals surface area contributed by atoms with Crippen molar-refractivity contribution in [3.63, 3.8) is 0 Å². The van der Waals surface area contributed by atoms with Gasteiger partial charge in [-0.15, -0.1) is 0 Å². The number of aromatic nitrogens is 2. The lowest BCUT2D eigenvalue weighted by molar-refractivity contribution is 0.655. The second-order valence-corrected chi connectivity index (χ2v) is 3.57. The predicted octanol–water partition coefficient (Wildman–Crippen LogP) is 0.524. The molecule has 1 aromatic heterocycles.